The average Bonchev–Trinajstić information content (AvgIpc) is 2.85. The van der Waals surface area contributed by atoms with Gasteiger partial charge in [0.15, 0.2) is 0 Å². The van der Waals surface area contributed by atoms with Crippen LogP contribution in [0.15, 0.2) is 30.3 Å². The molecule has 2 fully saturated rings. The van der Waals surface area contributed by atoms with Crippen molar-refractivity contribution in [3.63, 3.8) is 0 Å². The molecule has 0 aromatic heterocycles. The fourth-order valence-electron chi connectivity index (χ4n) is 3.63. The van der Waals surface area contributed by atoms with E-state index in [1.54, 1.807) is 0 Å². The topological polar surface area (TPSA) is 44.4 Å². The van der Waals surface area contributed by atoms with Gasteiger partial charge < -0.3 is 10.6 Å². The average molecular weight is 301 g/mol. The van der Waals surface area contributed by atoms with Gasteiger partial charge in [-0.3, -0.25) is 9.69 Å². The van der Waals surface area contributed by atoms with Crippen molar-refractivity contribution < 1.29 is 4.79 Å². The van der Waals surface area contributed by atoms with Crippen molar-refractivity contribution in [2.75, 3.05) is 32.7 Å². The van der Waals surface area contributed by atoms with E-state index in [2.05, 4.69) is 53.6 Å². The monoisotopic (exact) mass is 301 g/mol. The Morgan fingerprint density at radius 1 is 1.36 bits per heavy atom. The van der Waals surface area contributed by atoms with Crippen molar-refractivity contribution in [3.8, 4) is 0 Å². The molecule has 2 saturated heterocycles. The summed E-state index contributed by atoms with van der Waals surface area (Å²) in [4.78, 5) is 15.0. The van der Waals surface area contributed by atoms with Gasteiger partial charge in [0, 0.05) is 44.7 Å². The van der Waals surface area contributed by atoms with Crippen LogP contribution in [0.2, 0.25) is 0 Å². The minimum absolute atomic E-state index is 0.121. The standard InChI is InChI=1S/C18H27N3O/c1-14(2)8-20-17(22)16-10-21(13-18(16)11-19-12-18)9-15-6-4-3-5-7-15/h3-7,14,16,19H,8-13H2,1-2H3,(H,20,22). The maximum atomic E-state index is 12.6. The third kappa shape index (κ3) is 3.18. The summed E-state index contributed by atoms with van der Waals surface area (Å²) in [6.07, 6.45) is 0. The minimum Gasteiger partial charge on any atom is -0.356 e. The Hall–Kier alpha value is -1.39. The molecule has 2 heterocycles. The summed E-state index contributed by atoms with van der Waals surface area (Å²) in [5.41, 5.74) is 1.48. The summed E-state index contributed by atoms with van der Waals surface area (Å²) in [7, 11) is 0. The molecular weight excluding hydrogens is 274 g/mol. The summed E-state index contributed by atoms with van der Waals surface area (Å²) in [5, 5.41) is 6.51. The largest absolute Gasteiger partial charge is 0.356 e. The first-order valence-corrected chi connectivity index (χ1v) is 8.34. The maximum absolute atomic E-state index is 12.6. The van der Waals surface area contributed by atoms with Gasteiger partial charge in [0.1, 0.15) is 0 Å². The number of rotatable bonds is 5. The van der Waals surface area contributed by atoms with Crippen LogP contribution >= 0.6 is 0 Å². The van der Waals surface area contributed by atoms with E-state index < -0.39 is 0 Å². The SMILES string of the molecule is CC(C)CNC(=O)C1CN(Cc2ccccc2)CC12CNC2. The lowest BCUT2D eigenvalue weighted by molar-refractivity contribution is -0.128. The zero-order valence-corrected chi connectivity index (χ0v) is 13.6. The van der Waals surface area contributed by atoms with Crippen molar-refractivity contribution in [2.24, 2.45) is 17.3 Å². The van der Waals surface area contributed by atoms with Gasteiger partial charge in [-0.2, -0.15) is 0 Å². The Kier molecular flexibility index (Phi) is 4.50. The van der Waals surface area contributed by atoms with Crippen molar-refractivity contribution >= 4 is 5.91 Å². The predicted octanol–water partition coefficient (Wildman–Crippen LogP) is 1.48. The molecule has 120 valence electrons. The Morgan fingerprint density at radius 2 is 2.09 bits per heavy atom. The molecule has 4 nitrogen and oxygen atoms in total. The molecule has 1 aromatic carbocycles. The maximum Gasteiger partial charge on any atom is 0.225 e. The fraction of sp³-hybridized carbons (Fsp3) is 0.611. The normalized spacial score (nSPS) is 23.7. The van der Waals surface area contributed by atoms with E-state index in [9.17, 15) is 4.79 Å². The molecule has 4 heteroatoms. The number of carbonyl (C=O) groups excluding carboxylic acids is 1. The first-order chi connectivity index (χ1) is 10.6. The Balaban J connectivity index is 1.64. The third-order valence-corrected chi connectivity index (χ3v) is 4.92. The van der Waals surface area contributed by atoms with Crippen LogP contribution < -0.4 is 10.6 Å². The van der Waals surface area contributed by atoms with E-state index >= 15 is 0 Å². The van der Waals surface area contributed by atoms with Crippen LogP contribution in [-0.2, 0) is 11.3 Å². The molecule has 0 radical (unpaired) electrons. The molecule has 0 bridgehead atoms. The van der Waals surface area contributed by atoms with Gasteiger partial charge in [-0.25, -0.2) is 0 Å². The molecule has 2 aliphatic heterocycles. The molecule has 1 amide bonds. The van der Waals surface area contributed by atoms with Crippen LogP contribution in [0.4, 0.5) is 0 Å². The first kappa shape index (κ1) is 15.5. The summed E-state index contributed by atoms with van der Waals surface area (Å²) in [5.74, 6) is 0.864. The minimum atomic E-state index is 0.121. The van der Waals surface area contributed by atoms with Crippen molar-refractivity contribution in [3.05, 3.63) is 35.9 Å². The zero-order chi connectivity index (χ0) is 15.6. The smallest absolute Gasteiger partial charge is 0.225 e. The number of benzene rings is 1. The van der Waals surface area contributed by atoms with Crippen LogP contribution in [0.3, 0.4) is 0 Å². The van der Waals surface area contributed by atoms with E-state index in [1.165, 1.54) is 5.56 Å². The van der Waals surface area contributed by atoms with Gasteiger partial charge in [0.25, 0.3) is 0 Å². The van der Waals surface area contributed by atoms with Crippen LogP contribution in [0.25, 0.3) is 0 Å². The van der Waals surface area contributed by atoms with Crippen LogP contribution in [0.1, 0.15) is 19.4 Å². The number of hydrogen-bond acceptors (Lipinski definition) is 3. The Morgan fingerprint density at radius 3 is 2.68 bits per heavy atom. The number of carbonyl (C=O) groups is 1. The second kappa shape index (κ2) is 6.39. The second-order valence-corrected chi connectivity index (χ2v) is 7.31. The van der Waals surface area contributed by atoms with Gasteiger partial charge in [-0.15, -0.1) is 0 Å². The number of likely N-dealkylation sites (tertiary alicyclic amines) is 1. The Labute approximate surface area is 133 Å². The van der Waals surface area contributed by atoms with Crippen LogP contribution in [0, 0.1) is 17.3 Å². The lowest BCUT2D eigenvalue weighted by Gasteiger charge is -2.43. The Bertz CT molecular complexity index is 510. The van der Waals surface area contributed by atoms with E-state index in [-0.39, 0.29) is 17.2 Å². The molecular formula is C18H27N3O. The number of nitrogens with zero attached hydrogens (tertiary/aromatic N) is 1. The molecule has 2 aliphatic rings. The van der Waals surface area contributed by atoms with Crippen molar-refractivity contribution in [1.82, 2.24) is 15.5 Å². The second-order valence-electron chi connectivity index (χ2n) is 7.31. The fourth-order valence-corrected chi connectivity index (χ4v) is 3.63. The van der Waals surface area contributed by atoms with Gasteiger partial charge in [-0.1, -0.05) is 44.2 Å². The molecule has 1 unspecified atom stereocenters. The lowest BCUT2D eigenvalue weighted by atomic mass is 9.72. The molecule has 1 spiro atoms. The highest BCUT2D eigenvalue weighted by Crippen LogP contribution is 2.40. The van der Waals surface area contributed by atoms with Gasteiger partial charge in [-0.05, 0) is 11.5 Å². The van der Waals surface area contributed by atoms with Gasteiger partial charge >= 0.3 is 0 Å². The molecule has 2 N–H and O–H groups in total. The molecule has 22 heavy (non-hydrogen) atoms. The number of hydrogen-bond donors (Lipinski definition) is 2. The van der Waals surface area contributed by atoms with Crippen molar-refractivity contribution in [2.45, 2.75) is 20.4 Å². The summed E-state index contributed by atoms with van der Waals surface area (Å²) in [6, 6.07) is 10.5. The van der Waals surface area contributed by atoms with Gasteiger partial charge in [0.05, 0.1) is 5.92 Å². The van der Waals surface area contributed by atoms with E-state index in [0.717, 1.165) is 39.3 Å². The van der Waals surface area contributed by atoms with E-state index in [0.29, 0.717) is 5.92 Å². The highest BCUT2D eigenvalue weighted by Gasteiger charge is 2.53. The van der Waals surface area contributed by atoms with Crippen LogP contribution in [-0.4, -0.2) is 43.5 Å². The van der Waals surface area contributed by atoms with E-state index in [1.807, 2.05) is 6.07 Å². The number of amides is 1. The molecule has 0 aliphatic carbocycles. The van der Waals surface area contributed by atoms with Gasteiger partial charge in [0.2, 0.25) is 5.91 Å². The van der Waals surface area contributed by atoms with Crippen LogP contribution in [0.5, 0.6) is 0 Å². The first-order valence-electron chi connectivity index (χ1n) is 8.34. The third-order valence-electron chi connectivity index (χ3n) is 4.92. The molecule has 1 atom stereocenters. The highest BCUT2D eigenvalue weighted by atomic mass is 16.2. The van der Waals surface area contributed by atoms with E-state index in [4.69, 9.17) is 0 Å². The summed E-state index contributed by atoms with van der Waals surface area (Å²) >= 11 is 0. The zero-order valence-electron chi connectivity index (χ0n) is 13.6. The summed E-state index contributed by atoms with van der Waals surface area (Å²) < 4.78 is 0. The molecule has 3 rings (SSSR count). The molecule has 1 aromatic rings. The summed E-state index contributed by atoms with van der Waals surface area (Å²) in [6.45, 7) is 9.83. The lowest BCUT2D eigenvalue weighted by Crippen LogP contribution is -2.60. The predicted molar refractivity (Wildman–Crippen MR) is 88.4 cm³/mol. The highest BCUT2D eigenvalue weighted by molar-refractivity contribution is 5.80. The number of nitrogens with one attached hydrogen (secondary N) is 2. The molecule has 0 saturated carbocycles. The van der Waals surface area contributed by atoms with Crippen molar-refractivity contribution in [1.29, 1.82) is 0 Å². The quantitative estimate of drug-likeness (QED) is 0.866.